The van der Waals surface area contributed by atoms with Gasteiger partial charge in [0.2, 0.25) is 15.9 Å². The maximum atomic E-state index is 12.5. The van der Waals surface area contributed by atoms with Crippen molar-refractivity contribution in [1.82, 2.24) is 5.32 Å². The normalized spacial score (nSPS) is 12.5. The molecule has 2 rings (SSSR count). The summed E-state index contributed by atoms with van der Waals surface area (Å²) in [5.74, 6) is -0.349. The van der Waals surface area contributed by atoms with Crippen LogP contribution in [0.2, 0.25) is 0 Å². The van der Waals surface area contributed by atoms with Crippen LogP contribution >= 0.6 is 11.8 Å². The number of sulfonamides is 1. The van der Waals surface area contributed by atoms with Crippen molar-refractivity contribution in [2.24, 2.45) is 0 Å². The second-order valence-electron chi connectivity index (χ2n) is 6.17. The van der Waals surface area contributed by atoms with Crippen molar-refractivity contribution in [2.45, 2.75) is 24.8 Å². The summed E-state index contributed by atoms with van der Waals surface area (Å²) in [7, 11) is -3.58. The fourth-order valence-electron chi connectivity index (χ4n) is 2.52. The zero-order valence-electron chi connectivity index (χ0n) is 15.4. The molecule has 0 spiro atoms. The molecule has 7 heteroatoms. The molecule has 0 unspecified atom stereocenters. The molecular formula is C19H24N2O3S2. The van der Waals surface area contributed by atoms with Gasteiger partial charge in [0, 0.05) is 4.90 Å². The molecule has 0 fully saturated rings. The summed E-state index contributed by atoms with van der Waals surface area (Å²) in [6, 6.07) is 14.8. The third kappa shape index (κ3) is 5.51. The first-order valence-electron chi connectivity index (χ1n) is 8.18. The Bertz CT molecular complexity index is 865. The molecule has 0 aliphatic heterocycles. The zero-order valence-corrected chi connectivity index (χ0v) is 17.0. The summed E-state index contributed by atoms with van der Waals surface area (Å²) >= 11 is 1.52. The highest BCUT2D eigenvalue weighted by Crippen LogP contribution is 2.24. The zero-order chi connectivity index (χ0) is 19.3. The molecule has 1 amide bonds. The second-order valence-corrected chi connectivity index (χ2v) is 8.96. The third-order valence-electron chi connectivity index (χ3n) is 3.98. The van der Waals surface area contributed by atoms with E-state index in [2.05, 4.69) is 5.32 Å². The Balaban J connectivity index is 2.15. The summed E-state index contributed by atoms with van der Waals surface area (Å²) < 4.78 is 25.5. The molecule has 140 valence electrons. The predicted molar refractivity (Wildman–Crippen MR) is 108 cm³/mol. The Hall–Kier alpha value is -1.99. The number of amides is 1. The van der Waals surface area contributed by atoms with Gasteiger partial charge >= 0.3 is 0 Å². The van der Waals surface area contributed by atoms with Gasteiger partial charge in [0.25, 0.3) is 0 Å². The van der Waals surface area contributed by atoms with Crippen molar-refractivity contribution in [3.05, 3.63) is 59.7 Å². The number of carbonyl (C=O) groups excluding carboxylic acids is 1. The first-order chi connectivity index (χ1) is 12.2. The quantitative estimate of drug-likeness (QED) is 0.734. The number of anilines is 1. The lowest BCUT2D eigenvalue weighted by molar-refractivity contribution is -0.120. The molecule has 1 N–H and O–H groups in total. The van der Waals surface area contributed by atoms with Gasteiger partial charge in [0.05, 0.1) is 18.0 Å². The Kier molecular flexibility index (Phi) is 6.72. The molecule has 5 nitrogen and oxygen atoms in total. The molecular weight excluding hydrogens is 368 g/mol. The van der Waals surface area contributed by atoms with E-state index in [4.69, 9.17) is 0 Å². The van der Waals surface area contributed by atoms with Crippen LogP contribution in [0.1, 0.15) is 24.1 Å². The molecule has 0 aliphatic carbocycles. The van der Waals surface area contributed by atoms with Crippen LogP contribution in [0.3, 0.4) is 0 Å². The number of hydrogen-bond acceptors (Lipinski definition) is 4. The van der Waals surface area contributed by atoms with Gasteiger partial charge < -0.3 is 5.32 Å². The Morgan fingerprint density at radius 1 is 1.19 bits per heavy atom. The summed E-state index contributed by atoms with van der Waals surface area (Å²) in [4.78, 5) is 13.4. The number of aryl methyl sites for hydroxylation is 1. The van der Waals surface area contributed by atoms with Gasteiger partial charge in [-0.2, -0.15) is 0 Å². The maximum Gasteiger partial charge on any atom is 0.241 e. The first-order valence-corrected chi connectivity index (χ1v) is 11.3. The van der Waals surface area contributed by atoms with E-state index in [0.717, 1.165) is 26.6 Å². The van der Waals surface area contributed by atoms with Crippen molar-refractivity contribution in [2.75, 3.05) is 23.4 Å². The number of hydrogen-bond donors (Lipinski definition) is 1. The lowest BCUT2D eigenvalue weighted by Gasteiger charge is -2.23. The second kappa shape index (κ2) is 8.60. The van der Waals surface area contributed by atoms with Crippen LogP contribution in [0.5, 0.6) is 0 Å². The Morgan fingerprint density at radius 2 is 1.85 bits per heavy atom. The third-order valence-corrected chi connectivity index (χ3v) is 5.85. The number of nitrogens with zero attached hydrogens (tertiary/aromatic N) is 1. The highest BCUT2D eigenvalue weighted by Gasteiger charge is 2.22. The van der Waals surface area contributed by atoms with Gasteiger partial charge in [0.15, 0.2) is 0 Å². The first kappa shape index (κ1) is 20.3. The van der Waals surface area contributed by atoms with Gasteiger partial charge in [-0.15, -0.1) is 11.8 Å². The van der Waals surface area contributed by atoms with Crippen molar-refractivity contribution in [3.8, 4) is 0 Å². The molecule has 0 saturated carbocycles. The molecule has 0 aromatic heterocycles. The highest BCUT2D eigenvalue weighted by molar-refractivity contribution is 7.98. The topological polar surface area (TPSA) is 66.5 Å². The van der Waals surface area contributed by atoms with Crippen LogP contribution in [0.15, 0.2) is 53.4 Å². The molecule has 0 heterocycles. The number of thioether (sulfide) groups is 1. The Morgan fingerprint density at radius 3 is 2.42 bits per heavy atom. The number of nitrogens with one attached hydrogen (secondary N) is 1. The molecule has 0 radical (unpaired) electrons. The van der Waals surface area contributed by atoms with Gasteiger partial charge in [-0.1, -0.05) is 35.9 Å². The van der Waals surface area contributed by atoms with E-state index in [1.165, 1.54) is 11.8 Å². The van der Waals surface area contributed by atoms with E-state index in [-0.39, 0.29) is 18.5 Å². The Labute approximate surface area is 159 Å². The van der Waals surface area contributed by atoms with Crippen LogP contribution in [0.25, 0.3) is 0 Å². The lowest BCUT2D eigenvalue weighted by atomic mass is 10.1. The van der Waals surface area contributed by atoms with E-state index < -0.39 is 10.0 Å². The maximum absolute atomic E-state index is 12.5. The lowest BCUT2D eigenvalue weighted by Crippen LogP contribution is -2.41. The van der Waals surface area contributed by atoms with Crippen LogP contribution in [0.4, 0.5) is 5.69 Å². The van der Waals surface area contributed by atoms with Gasteiger partial charge in [-0.3, -0.25) is 9.10 Å². The summed E-state index contributed by atoms with van der Waals surface area (Å²) in [6.45, 7) is 3.62. The van der Waals surface area contributed by atoms with Gasteiger partial charge in [-0.25, -0.2) is 8.42 Å². The van der Waals surface area contributed by atoms with E-state index in [0.29, 0.717) is 5.69 Å². The molecule has 26 heavy (non-hydrogen) atoms. The molecule has 0 bridgehead atoms. The molecule has 0 aliphatic rings. The van der Waals surface area contributed by atoms with Crippen molar-refractivity contribution in [3.63, 3.8) is 0 Å². The minimum Gasteiger partial charge on any atom is -0.348 e. The molecule has 2 aromatic rings. The number of carbonyl (C=O) groups is 1. The van der Waals surface area contributed by atoms with Crippen molar-refractivity contribution < 1.29 is 13.2 Å². The molecule has 1 atom stereocenters. The SMILES string of the molecule is CSc1cccc(N(CC(=O)N[C@@H](C)c2ccc(C)cc2)S(C)(=O)=O)c1. The largest absolute Gasteiger partial charge is 0.348 e. The fraction of sp³-hybridized carbons (Fsp3) is 0.316. The average molecular weight is 393 g/mol. The van der Waals surface area contributed by atoms with Crippen LogP contribution in [-0.4, -0.2) is 33.4 Å². The van der Waals surface area contributed by atoms with Gasteiger partial charge in [0.1, 0.15) is 6.54 Å². The monoisotopic (exact) mass is 392 g/mol. The van der Waals surface area contributed by atoms with Crippen LogP contribution < -0.4 is 9.62 Å². The fourth-order valence-corrected chi connectivity index (χ4v) is 3.82. The molecule has 0 saturated heterocycles. The van der Waals surface area contributed by atoms with E-state index in [9.17, 15) is 13.2 Å². The van der Waals surface area contributed by atoms with Crippen LogP contribution in [-0.2, 0) is 14.8 Å². The van der Waals surface area contributed by atoms with Crippen molar-refractivity contribution in [1.29, 1.82) is 0 Å². The van der Waals surface area contributed by atoms with E-state index >= 15 is 0 Å². The number of benzene rings is 2. The van der Waals surface area contributed by atoms with Crippen molar-refractivity contribution >= 4 is 33.4 Å². The molecule has 2 aromatic carbocycles. The van der Waals surface area contributed by atoms with E-state index in [1.807, 2.05) is 50.4 Å². The summed E-state index contributed by atoms with van der Waals surface area (Å²) in [5, 5.41) is 2.87. The smallest absolute Gasteiger partial charge is 0.241 e. The summed E-state index contributed by atoms with van der Waals surface area (Å²) in [6.07, 6.45) is 3.02. The summed E-state index contributed by atoms with van der Waals surface area (Å²) in [5.41, 5.74) is 2.60. The minimum atomic E-state index is -3.58. The standard InChI is InChI=1S/C19H24N2O3S2/c1-14-8-10-16(11-9-14)15(2)20-19(22)13-21(26(4,23)24)17-6-5-7-18(12-17)25-3/h5-12,15H,13H2,1-4H3,(H,20,22)/t15-/m0/s1. The minimum absolute atomic E-state index is 0.206. The number of rotatable bonds is 7. The predicted octanol–water partition coefficient (Wildman–Crippen LogP) is 3.36. The van der Waals surface area contributed by atoms with Gasteiger partial charge in [-0.05, 0) is 43.9 Å². The highest BCUT2D eigenvalue weighted by atomic mass is 32.2. The van der Waals surface area contributed by atoms with Crippen LogP contribution in [0, 0.1) is 6.92 Å². The average Bonchev–Trinajstić information content (AvgIpc) is 2.59. The van der Waals surface area contributed by atoms with E-state index in [1.54, 1.807) is 18.2 Å².